The second-order valence-electron chi connectivity index (χ2n) is 12.8. The molecule has 38 heavy (non-hydrogen) atoms. The Morgan fingerprint density at radius 1 is 1.18 bits per heavy atom. The van der Waals surface area contributed by atoms with Gasteiger partial charge in [0, 0.05) is 13.1 Å². The van der Waals surface area contributed by atoms with Crippen molar-refractivity contribution in [2.24, 2.45) is 0 Å². The SMILES string of the molecule is CCCCON1C(=O)N2CC1CC[C@H]2c1nnc(CC(CNC(=O)OC(C)(C)C)O[Si](C)(C)C(C)(C)C)o1. The largest absolute Gasteiger partial charge is 0.444 e. The highest BCUT2D eigenvalue weighted by Gasteiger charge is 2.48. The third kappa shape index (κ3) is 7.69. The number of nitrogens with zero attached hydrogens (tertiary/aromatic N) is 4. The van der Waals surface area contributed by atoms with E-state index in [-0.39, 0.29) is 35.8 Å². The molecule has 2 bridgehead atoms. The minimum Gasteiger partial charge on any atom is -0.444 e. The predicted octanol–water partition coefficient (Wildman–Crippen LogP) is 5.20. The van der Waals surface area contributed by atoms with Gasteiger partial charge < -0.3 is 23.8 Å². The van der Waals surface area contributed by atoms with Crippen LogP contribution in [0.2, 0.25) is 18.1 Å². The van der Waals surface area contributed by atoms with Gasteiger partial charge in [0.05, 0.1) is 25.2 Å². The molecule has 2 fully saturated rings. The molecule has 2 aliphatic heterocycles. The van der Waals surface area contributed by atoms with Crippen LogP contribution < -0.4 is 5.32 Å². The normalized spacial score (nSPS) is 21.1. The van der Waals surface area contributed by atoms with E-state index < -0.39 is 20.0 Å². The first-order valence-electron chi connectivity index (χ1n) is 13.8. The van der Waals surface area contributed by atoms with E-state index in [1.807, 2.05) is 20.8 Å². The highest BCUT2D eigenvalue weighted by atomic mass is 28.4. The van der Waals surface area contributed by atoms with Crippen LogP contribution >= 0.6 is 0 Å². The van der Waals surface area contributed by atoms with Crippen molar-refractivity contribution >= 4 is 20.4 Å². The van der Waals surface area contributed by atoms with Crippen molar-refractivity contribution in [1.82, 2.24) is 25.5 Å². The van der Waals surface area contributed by atoms with E-state index in [4.69, 9.17) is 18.4 Å². The Morgan fingerprint density at radius 3 is 2.53 bits per heavy atom. The smallest absolute Gasteiger partial charge is 0.407 e. The number of aromatic nitrogens is 2. The van der Waals surface area contributed by atoms with Gasteiger partial charge in [0.15, 0.2) is 8.32 Å². The van der Waals surface area contributed by atoms with Crippen molar-refractivity contribution in [2.45, 2.75) is 122 Å². The summed E-state index contributed by atoms with van der Waals surface area (Å²) in [5.41, 5.74) is -0.593. The number of hydroxylamine groups is 2. The molecule has 2 saturated heterocycles. The molecule has 0 radical (unpaired) electrons. The van der Waals surface area contributed by atoms with Crippen molar-refractivity contribution in [3.05, 3.63) is 11.8 Å². The second kappa shape index (κ2) is 11.9. The van der Waals surface area contributed by atoms with Crippen molar-refractivity contribution in [3.8, 4) is 0 Å². The summed E-state index contributed by atoms with van der Waals surface area (Å²) >= 11 is 0. The van der Waals surface area contributed by atoms with Crippen molar-refractivity contribution < 1.29 is 28.0 Å². The van der Waals surface area contributed by atoms with Gasteiger partial charge >= 0.3 is 12.1 Å². The molecule has 1 aromatic heterocycles. The molecule has 2 aliphatic rings. The topological polar surface area (TPSA) is 119 Å². The zero-order chi connectivity index (χ0) is 28.3. The number of hydrogen-bond donors (Lipinski definition) is 1. The molecular weight excluding hydrogens is 506 g/mol. The first-order valence-corrected chi connectivity index (χ1v) is 16.7. The maximum absolute atomic E-state index is 13.0. The molecule has 3 atom stereocenters. The first kappa shape index (κ1) is 30.4. The number of nitrogens with one attached hydrogen (secondary N) is 1. The summed E-state index contributed by atoms with van der Waals surface area (Å²) in [7, 11) is -2.16. The molecule has 216 valence electrons. The van der Waals surface area contributed by atoms with Gasteiger partial charge in [-0.1, -0.05) is 34.1 Å². The number of carbonyl (C=O) groups excluding carboxylic acids is 2. The van der Waals surface area contributed by atoms with Crippen molar-refractivity contribution in [3.63, 3.8) is 0 Å². The quantitative estimate of drug-likeness (QED) is 0.293. The number of piperidine rings is 1. The van der Waals surface area contributed by atoms with Crippen LogP contribution in [-0.4, -0.2) is 78.0 Å². The van der Waals surface area contributed by atoms with E-state index in [0.29, 0.717) is 31.4 Å². The maximum atomic E-state index is 13.0. The van der Waals surface area contributed by atoms with E-state index in [0.717, 1.165) is 25.7 Å². The van der Waals surface area contributed by atoms with Gasteiger partial charge in [0.1, 0.15) is 11.6 Å². The van der Waals surface area contributed by atoms with E-state index in [9.17, 15) is 9.59 Å². The summed E-state index contributed by atoms with van der Waals surface area (Å²) in [5.74, 6) is 0.841. The zero-order valence-corrected chi connectivity index (χ0v) is 25.6. The Balaban J connectivity index is 1.69. The number of alkyl carbamates (subject to hydrolysis) is 1. The Morgan fingerprint density at radius 2 is 1.89 bits per heavy atom. The molecule has 11 nitrogen and oxygen atoms in total. The molecule has 1 aromatic rings. The van der Waals surface area contributed by atoms with Crippen LogP contribution in [0, 0.1) is 0 Å². The zero-order valence-electron chi connectivity index (χ0n) is 24.6. The Bertz CT molecular complexity index is 957. The average molecular weight is 554 g/mol. The van der Waals surface area contributed by atoms with Gasteiger partial charge in [-0.2, -0.15) is 5.06 Å². The van der Waals surface area contributed by atoms with E-state index in [1.54, 1.807) is 4.90 Å². The van der Waals surface area contributed by atoms with Crippen LogP contribution in [0.4, 0.5) is 9.59 Å². The lowest BCUT2D eigenvalue weighted by Crippen LogP contribution is -2.48. The molecule has 0 saturated carbocycles. The molecule has 12 heteroatoms. The molecule has 3 amide bonds. The summed E-state index contributed by atoms with van der Waals surface area (Å²) in [6, 6.07) is -0.368. The lowest BCUT2D eigenvalue weighted by molar-refractivity contribution is -0.130. The van der Waals surface area contributed by atoms with Gasteiger partial charge in [0.2, 0.25) is 11.8 Å². The fourth-order valence-corrected chi connectivity index (χ4v) is 5.65. The van der Waals surface area contributed by atoms with Crippen molar-refractivity contribution in [1.29, 1.82) is 0 Å². The molecular formula is C26H47N5O6Si. The number of rotatable bonds is 11. The van der Waals surface area contributed by atoms with Crippen LogP contribution in [0.5, 0.6) is 0 Å². The Kier molecular flexibility index (Phi) is 9.52. The molecule has 1 N–H and O–H groups in total. The molecule has 0 aliphatic carbocycles. The van der Waals surface area contributed by atoms with Gasteiger partial charge in [-0.25, -0.2) is 9.59 Å². The summed E-state index contributed by atoms with van der Waals surface area (Å²) < 4.78 is 18.1. The monoisotopic (exact) mass is 553 g/mol. The predicted molar refractivity (Wildman–Crippen MR) is 145 cm³/mol. The fraction of sp³-hybridized carbons (Fsp3) is 0.846. The number of ether oxygens (including phenoxy) is 1. The minimum absolute atomic E-state index is 0.0169. The Hall–Kier alpha value is -2.18. The summed E-state index contributed by atoms with van der Waals surface area (Å²) in [4.78, 5) is 32.9. The van der Waals surface area contributed by atoms with E-state index in [1.165, 1.54) is 5.06 Å². The summed E-state index contributed by atoms with van der Waals surface area (Å²) in [6.45, 7) is 19.8. The summed E-state index contributed by atoms with van der Waals surface area (Å²) in [5, 5.41) is 12.9. The minimum atomic E-state index is -2.16. The van der Waals surface area contributed by atoms with Crippen LogP contribution in [0.15, 0.2) is 4.42 Å². The average Bonchev–Trinajstić information content (AvgIpc) is 3.34. The molecule has 3 heterocycles. The third-order valence-corrected chi connectivity index (χ3v) is 11.9. The molecule has 0 spiro atoms. The van der Waals surface area contributed by atoms with Gasteiger partial charge in [-0.3, -0.25) is 4.84 Å². The maximum Gasteiger partial charge on any atom is 0.407 e. The number of unbranched alkanes of at least 4 members (excludes halogenated alkanes) is 1. The van der Waals surface area contributed by atoms with Crippen LogP contribution in [0.1, 0.15) is 92.0 Å². The van der Waals surface area contributed by atoms with Crippen LogP contribution in [-0.2, 0) is 20.4 Å². The van der Waals surface area contributed by atoms with E-state index >= 15 is 0 Å². The number of urea groups is 1. The van der Waals surface area contributed by atoms with Crippen LogP contribution in [0.3, 0.4) is 0 Å². The lowest BCUT2D eigenvalue weighted by atomic mass is 10.0. The first-order chi connectivity index (χ1) is 17.6. The fourth-order valence-electron chi connectivity index (χ4n) is 4.30. The summed E-state index contributed by atoms with van der Waals surface area (Å²) in [6.07, 6.45) is 2.94. The number of fused-ring (bicyclic) bond motifs is 2. The second-order valence-corrected chi connectivity index (χ2v) is 17.6. The number of hydrogen-bond acceptors (Lipinski definition) is 8. The standard InChI is InChI=1S/C26H47N5O6Si/c1-10-11-14-34-31-18-12-13-20(30(17-18)24(31)33)22-29-28-21(35-22)15-19(37-38(8,9)26(5,6)7)16-27-23(32)36-25(2,3)4/h18-20H,10-17H2,1-9H3,(H,27,32)/t18?,19?,20-/m0/s1. The molecule has 2 unspecified atom stereocenters. The van der Waals surface area contributed by atoms with Crippen LogP contribution in [0.25, 0.3) is 0 Å². The van der Waals surface area contributed by atoms with Gasteiger partial charge in [0.25, 0.3) is 0 Å². The number of amides is 3. The molecule has 0 aromatic carbocycles. The Labute approximate surface area is 228 Å². The highest BCUT2D eigenvalue weighted by Crippen LogP contribution is 2.39. The van der Waals surface area contributed by atoms with Crippen molar-refractivity contribution in [2.75, 3.05) is 19.7 Å². The molecule has 3 rings (SSSR count). The van der Waals surface area contributed by atoms with E-state index in [2.05, 4.69) is 56.3 Å². The highest BCUT2D eigenvalue weighted by molar-refractivity contribution is 6.74. The van der Waals surface area contributed by atoms with Gasteiger partial charge in [-0.15, -0.1) is 10.2 Å². The van der Waals surface area contributed by atoms with Gasteiger partial charge in [-0.05, 0) is 58.2 Å². The third-order valence-electron chi connectivity index (χ3n) is 7.36. The number of carbonyl (C=O) groups is 2. The lowest BCUT2D eigenvalue weighted by Gasteiger charge is -2.39.